The predicted molar refractivity (Wildman–Crippen MR) is 133 cm³/mol. The third-order valence-electron chi connectivity index (χ3n) is 6.90. The number of carboxylic acid groups (broad SMARTS) is 1. The molecule has 1 unspecified atom stereocenters. The van der Waals surface area contributed by atoms with Crippen LogP contribution in [0.3, 0.4) is 0 Å². The Morgan fingerprint density at radius 2 is 1.60 bits per heavy atom. The fourth-order valence-corrected chi connectivity index (χ4v) is 4.78. The Labute approximate surface area is 206 Å². The molecule has 7 nitrogen and oxygen atoms in total. The van der Waals surface area contributed by atoms with Gasteiger partial charge in [0.1, 0.15) is 6.61 Å². The van der Waals surface area contributed by atoms with Crippen LogP contribution < -0.4 is 10.6 Å². The van der Waals surface area contributed by atoms with Crippen molar-refractivity contribution in [3.63, 3.8) is 0 Å². The molecule has 0 heterocycles. The highest BCUT2D eigenvalue weighted by molar-refractivity contribution is 5.79. The van der Waals surface area contributed by atoms with E-state index < -0.39 is 23.4 Å². The Hall–Kier alpha value is -3.35. The molecule has 0 saturated heterocycles. The molecule has 0 spiro atoms. The van der Waals surface area contributed by atoms with E-state index in [0.29, 0.717) is 12.3 Å². The molecule has 0 radical (unpaired) electrons. The van der Waals surface area contributed by atoms with Gasteiger partial charge in [-0.1, -0.05) is 75.2 Å². The van der Waals surface area contributed by atoms with Gasteiger partial charge in [-0.05, 0) is 40.0 Å². The first kappa shape index (κ1) is 24.8. The van der Waals surface area contributed by atoms with Gasteiger partial charge in [0.25, 0.3) is 0 Å². The van der Waals surface area contributed by atoms with Gasteiger partial charge >= 0.3 is 12.1 Å². The van der Waals surface area contributed by atoms with E-state index in [1.165, 1.54) is 11.1 Å². The molecular formula is C28H34N2O5. The van der Waals surface area contributed by atoms with E-state index in [0.717, 1.165) is 24.0 Å². The lowest BCUT2D eigenvalue weighted by Gasteiger charge is -2.25. The molecule has 0 aliphatic heterocycles. The predicted octanol–water partition coefficient (Wildman–Crippen LogP) is 4.56. The maximum Gasteiger partial charge on any atom is 0.407 e. The van der Waals surface area contributed by atoms with Gasteiger partial charge in [0.2, 0.25) is 5.91 Å². The van der Waals surface area contributed by atoms with Crippen molar-refractivity contribution in [2.45, 2.75) is 45.4 Å². The lowest BCUT2D eigenvalue weighted by molar-refractivity contribution is -0.142. The monoisotopic (exact) mass is 478 g/mol. The van der Waals surface area contributed by atoms with E-state index in [4.69, 9.17) is 4.74 Å². The van der Waals surface area contributed by atoms with Crippen LogP contribution in [0.5, 0.6) is 0 Å². The van der Waals surface area contributed by atoms with Crippen LogP contribution in [0.25, 0.3) is 11.1 Å². The average molecular weight is 479 g/mol. The smallest absolute Gasteiger partial charge is 0.407 e. The van der Waals surface area contributed by atoms with Crippen LogP contribution >= 0.6 is 0 Å². The molecule has 1 atom stereocenters. The molecule has 2 aliphatic carbocycles. The molecule has 2 amide bonds. The van der Waals surface area contributed by atoms with Gasteiger partial charge in [-0.15, -0.1) is 0 Å². The minimum Gasteiger partial charge on any atom is -0.481 e. The molecule has 3 N–H and O–H groups in total. The van der Waals surface area contributed by atoms with E-state index in [9.17, 15) is 19.5 Å². The molecule has 1 saturated carbocycles. The number of rotatable bonds is 11. The second-order valence-electron chi connectivity index (χ2n) is 10.5. The number of alkyl carbamates (subject to hydrolysis) is 1. The Bertz CT molecular complexity index is 1050. The summed E-state index contributed by atoms with van der Waals surface area (Å²) < 4.78 is 5.57. The molecule has 2 aliphatic rings. The van der Waals surface area contributed by atoms with Crippen LogP contribution in [-0.4, -0.2) is 42.8 Å². The molecule has 0 aromatic heterocycles. The molecule has 2 aromatic rings. The van der Waals surface area contributed by atoms with E-state index in [1.807, 2.05) is 38.1 Å². The van der Waals surface area contributed by atoms with Gasteiger partial charge in [-0.2, -0.15) is 0 Å². The first-order valence-corrected chi connectivity index (χ1v) is 12.3. The minimum atomic E-state index is -0.867. The van der Waals surface area contributed by atoms with E-state index >= 15 is 0 Å². The third kappa shape index (κ3) is 6.41. The molecule has 1 fully saturated rings. The number of benzene rings is 2. The second-order valence-corrected chi connectivity index (χ2v) is 10.5. The van der Waals surface area contributed by atoms with E-state index in [2.05, 4.69) is 34.9 Å². The summed E-state index contributed by atoms with van der Waals surface area (Å²) in [6.45, 7) is 4.41. The van der Waals surface area contributed by atoms with Gasteiger partial charge in [-0.25, -0.2) is 4.79 Å². The zero-order valence-corrected chi connectivity index (χ0v) is 20.4. The number of amides is 2. The van der Waals surface area contributed by atoms with Gasteiger partial charge < -0.3 is 20.5 Å². The quantitative estimate of drug-likeness (QED) is 0.439. The minimum absolute atomic E-state index is 0.00948. The lowest BCUT2D eigenvalue weighted by atomic mass is 9.89. The van der Waals surface area contributed by atoms with E-state index in [-0.39, 0.29) is 37.9 Å². The maximum atomic E-state index is 12.5. The number of carbonyl (C=O) groups excluding carboxylic acids is 2. The van der Waals surface area contributed by atoms with Crippen molar-refractivity contribution >= 4 is 18.0 Å². The highest BCUT2D eigenvalue weighted by atomic mass is 16.5. The van der Waals surface area contributed by atoms with Crippen molar-refractivity contribution in [2.75, 3.05) is 19.7 Å². The summed E-state index contributed by atoms with van der Waals surface area (Å²) in [5.74, 6) is -1.16. The molecule has 7 heteroatoms. The molecule has 2 aromatic carbocycles. The molecule has 35 heavy (non-hydrogen) atoms. The van der Waals surface area contributed by atoms with Crippen molar-refractivity contribution < 1.29 is 24.2 Å². The summed E-state index contributed by atoms with van der Waals surface area (Å²) in [5.41, 5.74) is 4.14. The van der Waals surface area contributed by atoms with Gasteiger partial charge in [-0.3, -0.25) is 9.59 Å². The number of fused-ring (bicyclic) bond motifs is 3. The molecule has 4 rings (SSSR count). The SMILES string of the molecule is CC(C)(CNC(=O)OCC1c2ccccc2-c2ccccc21)CC(=O)NCC(CC1CC1)C(=O)O. The molecule has 0 bridgehead atoms. The second kappa shape index (κ2) is 10.5. The van der Waals surface area contributed by atoms with Gasteiger partial charge in [0, 0.05) is 25.4 Å². The number of ether oxygens (including phenoxy) is 1. The summed E-state index contributed by atoms with van der Waals surface area (Å²) in [5, 5.41) is 14.9. The highest BCUT2D eigenvalue weighted by Crippen LogP contribution is 2.44. The lowest BCUT2D eigenvalue weighted by Crippen LogP contribution is -2.40. The van der Waals surface area contributed by atoms with Crippen molar-refractivity contribution in [2.24, 2.45) is 17.3 Å². The summed E-state index contributed by atoms with van der Waals surface area (Å²) in [4.78, 5) is 36.3. The van der Waals surface area contributed by atoms with Crippen LogP contribution in [0.15, 0.2) is 48.5 Å². The van der Waals surface area contributed by atoms with Gasteiger partial charge in [0.15, 0.2) is 0 Å². The Morgan fingerprint density at radius 1 is 1.00 bits per heavy atom. The van der Waals surface area contributed by atoms with Crippen LogP contribution in [0.1, 0.15) is 56.6 Å². The topological polar surface area (TPSA) is 105 Å². The number of nitrogens with one attached hydrogen (secondary N) is 2. The standard InChI is InChI=1S/C28H34N2O5/c1-28(2,14-25(31)29-15-19(26(32)33)13-18-11-12-18)17-30-27(34)35-16-24-22-9-5-3-7-20(22)21-8-4-6-10-23(21)24/h3-10,18-19,24H,11-17H2,1-2H3,(H,29,31)(H,30,34)(H,32,33). The first-order chi connectivity index (χ1) is 16.7. The Balaban J connectivity index is 1.23. The van der Waals surface area contributed by atoms with Crippen LogP contribution in [-0.2, 0) is 14.3 Å². The Kier molecular flexibility index (Phi) is 7.43. The van der Waals surface area contributed by atoms with Crippen molar-refractivity contribution in [3.8, 4) is 11.1 Å². The summed E-state index contributed by atoms with van der Waals surface area (Å²) in [7, 11) is 0. The molecular weight excluding hydrogens is 444 g/mol. The molecule has 186 valence electrons. The average Bonchev–Trinajstić information content (AvgIpc) is 3.59. The zero-order chi connectivity index (χ0) is 25.0. The normalized spacial score (nSPS) is 15.6. The van der Waals surface area contributed by atoms with Crippen molar-refractivity contribution in [1.82, 2.24) is 10.6 Å². The summed E-state index contributed by atoms with van der Waals surface area (Å²) in [6, 6.07) is 16.3. The number of carboxylic acids is 1. The van der Waals surface area contributed by atoms with E-state index in [1.54, 1.807) is 0 Å². The fraction of sp³-hybridized carbons (Fsp3) is 0.464. The van der Waals surface area contributed by atoms with Crippen LogP contribution in [0.4, 0.5) is 4.79 Å². The fourth-order valence-electron chi connectivity index (χ4n) is 4.78. The number of hydrogen-bond acceptors (Lipinski definition) is 4. The Morgan fingerprint density at radius 3 is 2.17 bits per heavy atom. The summed E-state index contributed by atoms with van der Waals surface area (Å²) >= 11 is 0. The third-order valence-corrected chi connectivity index (χ3v) is 6.90. The maximum absolute atomic E-state index is 12.5. The largest absolute Gasteiger partial charge is 0.481 e. The van der Waals surface area contributed by atoms with Gasteiger partial charge in [0.05, 0.1) is 5.92 Å². The van der Waals surface area contributed by atoms with Crippen LogP contribution in [0.2, 0.25) is 0 Å². The van der Waals surface area contributed by atoms with Crippen LogP contribution in [0, 0.1) is 17.3 Å². The summed E-state index contributed by atoms with van der Waals surface area (Å²) in [6.07, 6.45) is 2.42. The highest BCUT2D eigenvalue weighted by Gasteiger charge is 2.31. The zero-order valence-electron chi connectivity index (χ0n) is 20.4. The first-order valence-electron chi connectivity index (χ1n) is 12.3. The van der Waals surface area contributed by atoms with Crippen molar-refractivity contribution in [1.29, 1.82) is 0 Å². The number of hydrogen-bond donors (Lipinski definition) is 3. The van der Waals surface area contributed by atoms with Crippen molar-refractivity contribution in [3.05, 3.63) is 59.7 Å². The number of carbonyl (C=O) groups is 3. The number of aliphatic carboxylic acids is 1.